The minimum atomic E-state index is -1.16. The van der Waals surface area contributed by atoms with E-state index in [0.717, 1.165) is 10.9 Å². The lowest BCUT2D eigenvalue weighted by molar-refractivity contribution is -0.139. The van der Waals surface area contributed by atoms with E-state index >= 15 is 0 Å². The first-order valence-electron chi connectivity index (χ1n) is 6.23. The van der Waals surface area contributed by atoms with Crippen molar-refractivity contribution < 1.29 is 19.8 Å². The summed E-state index contributed by atoms with van der Waals surface area (Å²) in [6.45, 7) is -0.299. The molecule has 1 aromatic carbocycles. The third-order valence-electron chi connectivity index (χ3n) is 3.16. The van der Waals surface area contributed by atoms with Crippen LogP contribution >= 0.6 is 0 Å². The molecule has 0 saturated heterocycles. The Labute approximate surface area is 115 Å². The Kier molecular flexibility index (Phi) is 4.05. The van der Waals surface area contributed by atoms with Crippen molar-refractivity contribution in [1.29, 1.82) is 0 Å². The molecule has 1 unspecified atom stereocenters. The van der Waals surface area contributed by atoms with Crippen molar-refractivity contribution in [3.63, 3.8) is 0 Å². The molecule has 2 rings (SSSR count). The number of benzene rings is 1. The Balaban J connectivity index is 2.29. The third kappa shape index (κ3) is 2.65. The first-order chi connectivity index (χ1) is 9.54. The molecule has 1 amide bonds. The van der Waals surface area contributed by atoms with Gasteiger partial charge in [-0.2, -0.15) is 0 Å². The number of hydrogen-bond donors (Lipinski definition) is 3. The summed E-state index contributed by atoms with van der Waals surface area (Å²) in [5, 5.41) is 21.0. The standard InChI is InChI=1S/C14H16N2O4/c1-16-8-10(9-4-2-3-5-12(9)16)13(18)15-11(6-7-17)14(19)20/h2-5,8,11,17H,6-7H2,1H3,(H,15,18)(H,19,20). The van der Waals surface area contributed by atoms with Gasteiger partial charge in [-0.3, -0.25) is 4.79 Å². The molecular weight excluding hydrogens is 260 g/mol. The maximum absolute atomic E-state index is 12.2. The molecule has 0 bridgehead atoms. The Morgan fingerprint density at radius 1 is 1.35 bits per heavy atom. The minimum absolute atomic E-state index is 0.0220. The molecule has 0 saturated carbocycles. The van der Waals surface area contributed by atoms with E-state index in [4.69, 9.17) is 10.2 Å². The van der Waals surface area contributed by atoms with Crippen LogP contribution in [0.1, 0.15) is 16.8 Å². The number of aliphatic hydroxyl groups is 1. The van der Waals surface area contributed by atoms with Crippen molar-refractivity contribution in [2.24, 2.45) is 7.05 Å². The van der Waals surface area contributed by atoms with E-state index in [1.165, 1.54) is 0 Å². The molecule has 0 fully saturated rings. The zero-order chi connectivity index (χ0) is 14.7. The normalized spacial score (nSPS) is 12.3. The number of carboxylic acid groups (broad SMARTS) is 1. The lowest BCUT2D eigenvalue weighted by Crippen LogP contribution is -2.41. The predicted molar refractivity (Wildman–Crippen MR) is 73.5 cm³/mol. The van der Waals surface area contributed by atoms with Gasteiger partial charge in [0.25, 0.3) is 5.91 Å². The fourth-order valence-electron chi connectivity index (χ4n) is 2.15. The Hall–Kier alpha value is -2.34. The van der Waals surface area contributed by atoms with Crippen LogP contribution in [0.5, 0.6) is 0 Å². The molecule has 0 radical (unpaired) electrons. The first-order valence-corrected chi connectivity index (χ1v) is 6.23. The van der Waals surface area contributed by atoms with Crippen LogP contribution in [0.15, 0.2) is 30.5 Å². The van der Waals surface area contributed by atoms with Crippen molar-refractivity contribution in [3.05, 3.63) is 36.0 Å². The molecule has 1 aromatic heterocycles. The fraction of sp³-hybridized carbons (Fsp3) is 0.286. The number of amides is 1. The van der Waals surface area contributed by atoms with Crippen molar-refractivity contribution >= 4 is 22.8 Å². The number of aromatic nitrogens is 1. The highest BCUT2D eigenvalue weighted by atomic mass is 16.4. The quantitative estimate of drug-likeness (QED) is 0.751. The van der Waals surface area contributed by atoms with Crippen molar-refractivity contribution in [1.82, 2.24) is 9.88 Å². The van der Waals surface area contributed by atoms with Gasteiger partial charge in [-0.05, 0) is 6.07 Å². The SMILES string of the molecule is Cn1cc(C(=O)NC(CCO)C(=O)O)c2ccccc21. The van der Waals surface area contributed by atoms with E-state index in [2.05, 4.69) is 5.32 Å². The Morgan fingerprint density at radius 2 is 2.05 bits per heavy atom. The van der Waals surface area contributed by atoms with Gasteiger partial charge in [0.2, 0.25) is 0 Å². The van der Waals surface area contributed by atoms with E-state index in [1.54, 1.807) is 6.20 Å². The molecule has 0 spiro atoms. The number of carbonyl (C=O) groups excluding carboxylic acids is 1. The van der Waals surface area contributed by atoms with Crippen LogP contribution in [-0.2, 0) is 11.8 Å². The summed E-state index contributed by atoms with van der Waals surface area (Å²) in [5.41, 5.74) is 1.32. The predicted octanol–water partition coefficient (Wildman–Crippen LogP) is 0.744. The average molecular weight is 276 g/mol. The molecular formula is C14H16N2O4. The number of hydrogen-bond acceptors (Lipinski definition) is 3. The van der Waals surface area contributed by atoms with Gasteiger partial charge in [0.1, 0.15) is 6.04 Å². The van der Waals surface area contributed by atoms with Gasteiger partial charge in [-0.15, -0.1) is 0 Å². The summed E-state index contributed by atoms with van der Waals surface area (Å²) in [4.78, 5) is 23.2. The lowest BCUT2D eigenvalue weighted by Gasteiger charge is -2.12. The molecule has 0 aliphatic carbocycles. The molecule has 2 aromatic rings. The summed E-state index contributed by atoms with van der Waals surface area (Å²) in [5.74, 6) is -1.62. The molecule has 3 N–H and O–H groups in total. The minimum Gasteiger partial charge on any atom is -0.480 e. The number of carboxylic acids is 1. The van der Waals surface area contributed by atoms with E-state index in [0.29, 0.717) is 5.56 Å². The van der Waals surface area contributed by atoms with E-state index in [9.17, 15) is 9.59 Å². The van der Waals surface area contributed by atoms with Crippen molar-refractivity contribution in [3.8, 4) is 0 Å². The Morgan fingerprint density at radius 3 is 2.70 bits per heavy atom. The number of rotatable bonds is 5. The first kappa shape index (κ1) is 14.1. The largest absolute Gasteiger partial charge is 0.480 e. The van der Waals surface area contributed by atoms with Gasteiger partial charge in [-0.1, -0.05) is 18.2 Å². The van der Waals surface area contributed by atoms with Gasteiger partial charge >= 0.3 is 5.97 Å². The summed E-state index contributed by atoms with van der Waals surface area (Å²) in [6.07, 6.45) is 1.64. The summed E-state index contributed by atoms with van der Waals surface area (Å²) < 4.78 is 1.81. The van der Waals surface area contributed by atoms with E-state index < -0.39 is 17.9 Å². The van der Waals surface area contributed by atoms with Crippen LogP contribution in [0.2, 0.25) is 0 Å². The van der Waals surface area contributed by atoms with Gasteiger partial charge in [0.05, 0.1) is 5.56 Å². The van der Waals surface area contributed by atoms with Crippen LogP contribution in [-0.4, -0.2) is 39.3 Å². The van der Waals surface area contributed by atoms with Gasteiger partial charge < -0.3 is 20.1 Å². The molecule has 6 nitrogen and oxygen atoms in total. The highest BCUT2D eigenvalue weighted by Gasteiger charge is 2.22. The number of aliphatic carboxylic acids is 1. The number of carbonyl (C=O) groups is 2. The van der Waals surface area contributed by atoms with Crippen molar-refractivity contribution in [2.75, 3.05) is 6.61 Å². The lowest BCUT2D eigenvalue weighted by atomic mass is 10.1. The zero-order valence-corrected chi connectivity index (χ0v) is 11.0. The second-order valence-corrected chi connectivity index (χ2v) is 4.55. The number of nitrogens with one attached hydrogen (secondary N) is 1. The average Bonchev–Trinajstić information content (AvgIpc) is 2.76. The smallest absolute Gasteiger partial charge is 0.326 e. The molecule has 0 aliphatic heterocycles. The molecule has 106 valence electrons. The molecule has 20 heavy (non-hydrogen) atoms. The van der Waals surface area contributed by atoms with Gasteiger partial charge in [0.15, 0.2) is 0 Å². The van der Waals surface area contributed by atoms with Crippen LogP contribution in [0, 0.1) is 0 Å². The molecule has 6 heteroatoms. The number of fused-ring (bicyclic) bond motifs is 1. The zero-order valence-electron chi connectivity index (χ0n) is 11.0. The van der Waals surface area contributed by atoms with E-state index in [1.807, 2.05) is 35.9 Å². The topological polar surface area (TPSA) is 91.6 Å². The number of para-hydroxylation sites is 1. The van der Waals surface area contributed by atoms with E-state index in [-0.39, 0.29) is 13.0 Å². The van der Waals surface area contributed by atoms with Crippen LogP contribution in [0.25, 0.3) is 10.9 Å². The summed E-state index contributed by atoms with van der Waals surface area (Å²) >= 11 is 0. The number of aliphatic hydroxyl groups excluding tert-OH is 1. The van der Waals surface area contributed by atoms with Crippen molar-refractivity contribution in [2.45, 2.75) is 12.5 Å². The number of nitrogens with zero attached hydrogens (tertiary/aromatic N) is 1. The van der Waals surface area contributed by atoms with Crippen LogP contribution in [0.3, 0.4) is 0 Å². The van der Waals surface area contributed by atoms with Crippen LogP contribution in [0.4, 0.5) is 0 Å². The van der Waals surface area contributed by atoms with Gasteiger partial charge in [0, 0.05) is 37.2 Å². The highest BCUT2D eigenvalue weighted by Crippen LogP contribution is 2.20. The Bertz CT molecular complexity index is 648. The van der Waals surface area contributed by atoms with Gasteiger partial charge in [-0.25, -0.2) is 4.79 Å². The maximum atomic E-state index is 12.2. The summed E-state index contributed by atoms with van der Waals surface area (Å²) in [7, 11) is 1.82. The third-order valence-corrected chi connectivity index (χ3v) is 3.16. The second-order valence-electron chi connectivity index (χ2n) is 4.55. The fourth-order valence-corrected chi connectivity index (χ4v) is 2.15. The maximum Gasteiger partial charge on any atom is 0.326 e. The molecule has 0 aliphatic rings. The second kappa shape index (κ2) is 5.75. The highest BCUT2D eigenvalue weighted by molar-refractivity contribution is 6.07. The van der Waals surface area contributed by atoms with Crippen LogP contribution < -0.4 is 5.32 Å². The monoisotopic (exact) mass is 276 g/mol. The summed E-state index contributed by atoms with van der Waals surface area (Å²) in [6, 6.07) is 6.30. The molecule has 1 heterocycles. The number of aryl methyl sites for hydroxylation is 1. The molecule has 1 atom stereocenters.